The standard InChI is InChI=1S/C28H37ClN2O2.C28H38N2O3.2C26H35ClN4O2/c1-27(33)13-11-18-17(15-27)7-8-20-19(18)12-14-28(2)22(20)9-10-23(28)25(32)16-31-24-6-4-3-5-21(24)26(29)30-31;1-27(33)13-11-18-17(15-27)7-8-20-19(18)12-14-28(2)22(20)9-10-23(28)25(31)16-30-26(32)21-5-3-4-6-24(21)29-30;1-25(33)9-7-17-15(12-25)3-4-19-18(17)8-10-26(2)20(19)5-6-21(26)23(32)14-31-22-11-16(27)13-28-24(22)29-30-31;1-25(33)9-7-17-15(12-25)3-4-19-18(17)8-10-26(2)20(19)5-6-21(26)23(32)14-31-29-22-11-16(27)13-28-24(22)30-31/h3-6,17-20,22-23,33H,7-16H2,1-2H3;3-6,17-20,22-23,29,33H,7-16H2,1-2H3;2*11,13,15,17-21,33H,3-10,12,14H2,1-2H3/t2*17-,18+,19-,20-,22+,23-,27-,28+;2*15-,17+,18-,19-,20+,21-,25-,26+/m1111/s1. The van der Waals surface area contributed by atoms with E-state index >= 15 is 0 Å². The van der Waals surface area contributed by atoms with Crippen LogP contribution in [0.3, 0.4) is 0 Å². The first-order chi connectivity index (χ1) is 63.0. The predicted molar refractivity (Wildman–Crippen MR) is 513 cm³/mol. The molecule has 0 radical (unpaired) electrons. The topological polar surface area (TPSA) is 292 Å². The maximum Gasteiger partial charge on any atom is 0.274 e. The molecule has 24 heteroatoms. The zero-order chi connectivity index (χ0) is 91.8. The number of para-hydroxylation sites is 2. The van der Waals surface area contributed by atoms with Crippen LogP contribution < -0.4 is 5.56 Å². The minimum atomic E-state index is -0.469. The lowest BCUT2D eigenvalue weighted by atomic mass is 9.49. The smallest absolute Gasteiger partial charge is 0.274 e. The van der Waals surface area contributed by atoms with E-state index < -0.39 is 22.4 Å². The van der Waals surface area contributed by atoms with Gasteiger partial charge in [-0.25, -0.2) is 19.3 Å². The zero-order valence-electron chi connectivity index (χ0n) is 79.5. The number of nitrogens with zero attached hydrogens (tertiary/aromatic N) is 11. The third kappa shape index (κ3) is 16.6. The number of fused-ring (bicyclic) bond motifs is 24. The minimum Gasteiger partial charge on any atom is -0.390 e. The maximum absolute atomic E-state index is 13.7. The normalized spacial score (nSPS) is 42.5. The van der Waals surface area contributed by atoms with Crippen molar-refractivity contribution in [1.29, 1.82) is 0 Å². The van der Waals surface area contributed by atoms with Gasteiger partial charge >= 0.3 is 0 Å². The molecule has 6 aromatic heterocycles. The molecular weight excluding hydrogens is 1720 g/mol. The molecule has 0 aliphatic heterocycles. The third-order valence-electron chi connectivity index (χ3n) is 41.6. The Kier molecular flexibility index (Phi) is 24.4. The molecule has 16 saturated carbocycles. The summed E-state index contributed by atoms with van der Waals surface area (Å²) >= 11 is 18.5. The molecule has 32 atom stereocenters. The first-order valence-corrected chi connectivity index (χ1v) is 53.2. The summed E-state index contributed by atoms with van der Waals surface area (Å²) in [7, 11) is 0. The van der Waals surface area contributed by atoms with Gasteiger partial charge in [0, 0.05) is 41.5 Å². The van der Waals surface area contributed by atoms with E-state index in [1.807, 2.05) is 80.9 Å². The molecular formula is C108H145Cl3N12O9. The van der Waals surface area contributed by atoms with Crippen molar-refractivity contribution in [3.8, 4) is 0 Å². The van der Waals surface area contributed by atoms with Crippen molar-refractivity contribution in [3.63, 3.8) is 0 Å². The molecule has 24 rings (SSSR count). The van der Waals surface area contributed by atoms with E-state index in [9.17, 15) is 44.4 Å². The number of halogens is 3. The summed E-state index contributed by atoms with van der Waals surface area (Å²) in [6.45, 7) is 18.7. The van der Waals surface area contributed by atoms with E-state index in [-0.39, 0.29) is 87.9 Å². The summed E-state index contributed by atoms with van der Waals surface area (Å²) in [4.78, 5) is 77.0. The van der Waals surface area contributed by atoms with Crippen LogP contribution in [0.1, 0.15) is 287 Å². The Morgan fingerprint density at radius 2 is 0.750 bits per heavy atom. The largest absolute Gasteiger partial charge is 0.390 e. The molecule has 0 unspecified atom stereocenters. The number of aromatic nitrogens is 12. The number of aromatic amines is 1. The van der Waals surface area contributed by atoms with Gasteiger partial charge in [0.1, 0.15) is 37.2 Å². The van der Waals surface area contributed by atoms with Crippen LogP contribution in [0.25, 0.3) is 44.1 Å². The predicted octanol–water partition coefficient (Wildman–Crippen LogP) is 21.3. The van der Waals surface area contributed by atoms with Crippen molar-refractivity contribution in [2.24, 2.45) is 164 Å². The SMILES string of the molecule is C[C@@]1(O)CC[C@H]2[C@H](CC[C@@H]3[C@@H]2CC[C@]2(C)[C@@H](C(=O)Cn4[nH]c5ccccc5c4=O)CC[C@@H]32)C1.C[C@@]1(O)CC[C@H]2[C@H](CC[C@@H]3[C@@H]2CC[C@]2(C)[C@@H](C(=O)Cn4nc(Cl)c5ccccc54)CC[C@@H]32)C1.C[C@@]1(O)CC[C@H]2[C@H](CC[C@@H]3[C@@H]2CC[C@]2(C)[C@@H](C(=O)Cn4nc5cc(Cl)cnc5n4)CC[C@@H]32)C1.C[C@@]1(O)CC[C@H]2[C@H](CC[C@@H]3[C@@H]2CC[C@]2(C)[C@@H](C(=O)Cn4nnc5ncc(Cl)cc54)CC[C@@H]32)C1. The van der Waals surface area contributed by atoms with E-state index in [2.05, 4.69) is 68.4 Å². The highest BCUT2D eigenvalue weighted by Crippen LogP contribution is 2.70. The molecule has 132 heavy (non-hydrogen) atoms. The molecule has 0 spiro atoms. The summed E-state index contributed by atoms with van der Waals surface area (Å²) in [5.41, 5.74) is 2.62. The number of carbonyl (C=O) groups is 4. The number of rotatable bonds is 12. The Morgan fingerprint density at radius 1 is 0.379 bits per heavy atom. The van der Waals surface area contributed by atoms with Gasteiger partial charge in [0.15, 0.2) is 28.3 Å². The third-order valence-corrected chi connectivity index (χ3v) is 42.3. The van der Waals surface area contributed by atoms with Crippen molar-refractivity contribution >= 4 is 102 Å². The van der Waals surface area contributed by atoms with Crippen LogP contribution in [0.2, 0.25) is 15.2 Å². The van der Waals surface area contributed by atoms with Gasteiger partial charge in [-0.3, -0.25) is 33.8 Å². The number of H-pyrrole nitrogens is 1. The Balaban J connectivity index is 0.000000106. The Hall–Kier alpha value is -6.33. The van der Waals surface area contributed by atoms with Crippen molar-refractivity contribution in [2.45, 2.75) is 335 Å². The lowest BCUT2D eigenvalue weighted by molar-refractivity contribution is -0.133. The number of pyridine rings is 2. The number of benzene rings is 2. The average molecular weight is 1860 g/mol. The minimum absolute atomic E-state index is 0.0616. The monoisotopic (exact) mass is 1860 g/mol. The number of carbonyl (C=O) groups excluding carboxylic acids is 4. The molecule has 8 aromatic rings. The number of ketones is 4. The fraction of sp³-hybridized carbons (Fsp3) is 0.741. The average Bonchev–Trinajstić information content (AvgIpc) is 1.51. The first-order valence-electron chi connectivity index (χ1n) is 52.0. The summed E-state index contributed by atoms with van der Waals surface area (Å²) in [6, 6.07) is 19.0. The van der Waals surface area contributed by atoms with Crippen LogP contribution in [-0.2, 0) is 45.4 Å². The quantitative estimate of drug-likeness (QED) is 0.0759. The fourth-order valence-electron chi connectivity index (χ4n) is 35.7. The van der Waals surface area contributed by atoms with Crippen molar-refractivity contribution in [3.05, 3.63) is 98.6 Å². The van der Waals surface area contributed by atoms with Gasteiger partial charge in [0.05, 0.1) is 48.9 Å². The molecule has 0 saturated heterocycles. The van der Waals surface area contributed by atoms with Crippen molar-refractivity contribution in [2.75, 3.05) is 0 Å². The molecule has 712 valence electrons. The van der Waals surface area contributed by atoms with Crippen LogP contribution in [0, 0.1) is 164 Å². The Labute approximate surface area is 793 Å². The molecule has 21 nitrogen and oxygen atoms in total. The number of aliphatic hydroxyl groups is 4. The highest BCUT2D eigenvalue weighted by molar-refractivity contribution is 6.34. The molecule has 16 fully saturated rings. The Bertz CT molecular complexity index is 5750. The van der Waals surface area contributed by atoms with Gasteiger partial charge in [-0.2, -0.15) is 15.0 Å². The van der Waals surface area contributed by atoms with E-state index in [0.29, 0.717) is 97.1 Å². The van der Waals surface area contributed by atoms with Crippen molar-refractivity contribution < 1.29 is 39.6 Å². The van der Waals surface area contributed by atoms with E-state index in [4.69, 9.17) is 34.8 Å². The lowest BCUT2D eigenvalue weighted by Crippen LogP contribution is -2.51. The second kappa shape index (κ2) is 34.9. The van der Waals surface area contributed by atoms with Gasteiger partial charge < -0.3 is 20.4 Å². The van der Waals surface area contributed by atoms with E-state index in [0.717, 1.165) is 196 Å². The van der Waals surface area contributed by atoms with Crippen LogP contribution in [0.5, 0.6) is 0 Å². The highest BCUT2D eigenvalue weighted by Gasteiger charge is 2.65. The summed E-state index contributed by atoms with van der Waals surface area (Å²) < 4.78 is 5.02. The zero-order valence-corrected chi connectivity index (χ0v) is 81.7. The fourth-order valence-corrected chi connectivity index (χ4v) is 36.3. The van der Waals surface area contributed by atoms with Gasteiger partial charge in [-0.15, -0.1) is 10.2 Å². The van der Waals surface area contributed by atoms with Gasteiger partial charge in [-0.1, -0.05) is 92.0 Å². The molecule has 16 aliphatic carbocycles. The number of Topliss-reactive ketones (excluding diaryl/α,β-unsaturated/α-hetero) is 4. The number of hydrogen-bond donors (Lipinski definition) is 5. The maximum atomic E-state index is 13.7. The van der Waals surface area contributed by atoms with E-state index in [1.54, 1.807) is 29.2 Å². The molecule has 0 bridgehead atoms. The molecule has 6 heterocycles. The van der Waals surface area contributed by atoms with Crippen molar-refractivity contribution in [1.82, 2.24) is 59.5 Å². The van der Waals surface area contributed by atoms with Crippen LogP contribution in [0.4, 0.5) is 0 Å². The summed E-state index contributed by atoms with van der Waals surface area (Å²) in [5.74, 6) is 16.2. The lowest BCUT2D eigenvalue weighted by Gasteiger charge is -2.56. The molecule has 0 amide bonds. The van der Waals surface area contributed by atoms with Gasteiger partial charge in [0.25, 0.3) is 5.56 Å². The number of nitrogens with one attached hydrogen (secondary N) is 1. The first kappa shape index (κ1) is 92.0. The van der Waals surface area contributed by atoms with E-state index in [1.165, 1.54) is 138 Å². The molecule has 5 N–H and O–H groups in total. The van der Waals surface area contributed by atoms with Crippen LogP contribution >= 0.6 is 34.8 Å². The number of hydrogen-bond acceptors (Lipinski definition) is 16. The second-order valence-electron chi connectivity index (χ2n) is 48.7. The Morgan fingerprint density at radius 3 is 1.18 bits per heavy atom. The molecule has 2 aromatic carbocycles. The van der Waals surface area contributed by atoms with Crippen LogP contribution in [0.15, 0.2) is 77.9 Å². The van der Waals surface area contributed by atoms with Gasteiger partial charge in [-0.05, 0) is 435 Å². The van der Waals surface area contributed by atoms with Gasteiger partial charge in [0.2, 0.25) is 11.3 Å². The molecule has 16 aliphatic rings. The second-order valence-corrected chi connectivity index (χ2v) is 50.0. The summed E-state index contributed by atoms with van der Waals surface area (Å²) in [6.07, 6.45) is 44.0. The van der Waals surface area contributed by atoms with Crippen LogP contribution in [-0.4, -0.2) is 125 Å². The summed E-state index contributed by atoms with van der Waals surface area (Å²) in [5, 5.41) is 70.4. The highest BCUT2D eigenvalue weighted by atomic mass is 35.5.